The van der Waals surface area contributed by atoms with Crippen LogP contribution >= 0.6 is 23.6 Å². The summed E-state index contributed by atoms with van der Waals surface area (Å²) in [5.41, 5.74) is 1.63. The van der Waals surface area contributed by atoms with Crippen LogP contribution in [0, 0.1) is 5.41 Å². The van der Waals surface area contributed by atoms with Gasteiger partial charge in [-0.3, -0.25) is 10.3 Å². The number of thiazole rings is 1. The highest BCUT2D eigenvalue weighted by molar-refractivity contribution is 7.80. The summed E-state index contributed by atoms with van der Waals surface area (Å²) in [6, 6.07) is 3.84. The molecule has 12 heteroatoms. The van der Waals surface area contributed by atoms with Gasteiger partial charge < -0.3 is 34.6 Å². The van der Waals surface area contributed by atoms with E-state index in [1.807, 2.05) is 24.6 Å². The highest BCUT2D eigenvalue weighted by Gasteiger charge is 2.24. The maximum atomic E-state index is 8.94. The molecule has 2 saturated heterocycles. The first-order valence-electron chi connectivity index (χ1n) is 12.7. The molecule has 2 aliphatic rings. The fourth-order valence-electron chi connectivity index (χ4n) is 4.44. The molecule has 3 heterocycles. The second kappa shape index (κ2) is 13.8. The summed E-state index contributed by atoms with van der Waals surface area (Å²) in [4.78, 5) is 10.9. The summed E-state index contributed by atoms with van der Waals surface area (Å²) in [7, 11) is 3.51. The maximum Gasteiger partial charge on any atom is 0.169 e. The number of nitrogens with one attached hydrogen (secondary N) is 3. The van der Waals surface area contributed by atoms with E-state index in [0.29, 0.717) is 43.6 Å². The average Bonchev–Trinajstić information content (AvgIpc) is 3.47. The van der Waals surface area contributed by atoms with Crippen molar-refractivity contribution < 1.29 is 14.2 Å². The number of hydrogen-bond donors (Lipinski definition) is 3. The quantitative estimate of drug-likeness (QED) is 0.178. The molecule has 202 valence electrons. The summed E-state index contributed by atoms with van der Waals surface area (Å²) in [5.74, 6) is 1.78. The number of methoxy groups -OCH3 is 1. The molecule has 10 nitrogen and oxygen atoms in total. The van der Waals surface area contributed by atoms with Gasteiger partial charge in [0.25, 0.3) is 0 Å². The molecule has 3 N–H and O–H groups in total. The van der Waals surface area contributed by atoms with Crippen molar-refractivity contribution in [2.45, 2.75) is 13.0 Å². The zero-order valence-corrected chi connectivity index (χ0v) is 23.3. The summed E-state index contributed by atoms with van der Waals surface area (Å²) in [5, 5.41) is 19.2. The second-order valence-electron chi connectivity index (χ2n) is 8.86. The number of morpholine rings is 1. The van der Waals surface area contributed by atoms with Gasteiger partial charge in [-0.2, -0.15) is 0 Å². The SMILES string of the molecule is CNc1cc(OCCCN2CCOCC2)c(OC)cc1C(=N)N1CCN(C(=S)NCc2nccs2)CC1. The number of hydrogen-bond acceptors (Lipinski definition) is 9. The van der Waals surface area contributed by atoms with Crippen LogP contribution in [-0.4, -0.2) is 110 Å². The third kappa shape index (κ3) is 7.44. The minimum atomic E-state index is 0.461. The van der Waals surface area contributed by atoms with Crippen LogP contribution in [0.1, 0.15) is 17.0 Å². The molecular weight excluding hydrogens is 510 g/mol. The number of benzene rings is 1. The van der Waals surface area contributed by atoms with Gasteiger partial charge in [-0.25, -0.2) is 4.98 Å². The number of piperazine rings is 1. The van der Waals surface area contributed by atoms with Crippen molar-refractivity contribution in [2.24, 2.45) is 0 Å². The standard InChI is InChI=1S/C25H37N7O3S2/c1-27-20-17-22(35-12-3-5-30-10-13-34-14-11-30)21(33-2)16-19(20)24(26)31-6-8-32(9-7-31)25(36)29-18-23-28-4-15-37-23/h4,15-17,26-27H,3,5-14,18H2,1-2H3,(H,29,36). The van der Waals surface area contributed by atoms with Crippen molar-refractivity contribution in [2.75, 3.05) is 85.1 Å². The average molecular weight is 548 g/mol. The van der Waals surface area contributed by atoms with Crippen LogP contribution in [0.2, 0.25) is 0 Å². The first-order valence-corrected chi connectivity index (χ1v) is 14.0. The summed E-state index contributed by atoms with van der Waals surface area (Å²) < 4.78 is 17.2. The number of anilines is 1. The first kappa shape index (κ1) is 27.4. The molecule has 0 spiro atoms. The molecule has 0 atom stereocenters. The smallest absolute Gasteiger partial charge is 0.169 e. The molecule has 1 aromatic heterocycles. The van der Waals surface area contributed by atoms with Crippen LogP contribution in [0.25, 0.3) is 0 Å². The minimum Gasteiger partial charge on any atom is -0.493 e. The highest BCUT2D eigenvalue weighted by atomic mass is 32.1. The lowest BCUT2D eigenvalue weighted by molar-refractivity contribution is 0.0357. The van der Waals surface area contributed by atoms with E-state index >= 15 is 0 Å². The van der Waals surface area contributed by atoms with Crippen molar-refractivity contribution in [3.05, 3.63) is 34.3 Å². The van der Waals surface area contributed by atoms with Crippen LogP contribution < -0.4 is 20.1 Å². The van der Waals surface area contributed by atoms with Gasteiger partial charge in [0, 0.05) is 81.8 Å². The van der Waals surface area contributed by atoms with E-state index in [1.165, 1.54) is 0 Å². The zero-order valence-electron chi connectivity index (χ0n) is 21.6. The Morgan fingerprint density at radius 2 is 1.89 bits per heavy atom. The normalized spacial score (nSPS) is 16.4. The van der Waals surface area contributed by atoms with E-state index < -0.39 is 0 Å². The van der Waals surface area contributed by atoms with Crippen LogP contribution in [-0.2, 0) is 11.3 Å². The topological polar surface area (TPSA) is 98.2 Å². The van der Waals surface area contributed by atoms with Gasteiger partial charge in [0.05, 0.1) is 33.5 Å². The lowest BCUT2D eigenvalue weighted by Crippen LogP contribution is -2.53. The Hall–Kier alpha value is -2.67. The molecule has 0 bridgehead atoms. The Balaban J connectivity index is 1.31. The zero-order chi connectivity index (χ0) is 26.0. The lowest BCUT2D eigenvalue weighted by atomic mass is 10.1. The molecule has 0 saturated carbocycles. The van der Waals surface area contributed by atoms with E-state index in [9.17, 15) is 0 Å². The van der Waals surface area contributed by atoms with Crippen LogP contribution in [0.4, 0.5) is 5.69 Å². The van der Waals surface area contributed by atoms with Crippen molar-refractivity contribution in [1.29, 1.82) is 5.41 Å². The van der Waals surface area contributed by atoms with Gasteiger partial charge in [0.2, 0.25) is 0 Å². The van der Waals surface area contributed by atoms with Gasteiger partial charge in [-0.05, 0) is 24.7 Å². The Kier molecular flexibility index (Phi) is 10.2. The Bertz CT molecular complexity index is 1020. The largest absolute Gasteiger partial charge is 0.493 e. The molecule has 2 fully saturated rings. The van der Waals surface area contributed by atoms with Gasteiger partial charge in [-0.15, -0.1) is 11.3 Å². The Morgan fingerprint density at radius 3 is 2.57 bits per heavy atom. The van der Waals surface area contributed by atoms with Gasteiger partial charge in [-0.1, -0.05) is 0 Å². The van der Waals surface area contributed by atoms with E-state index in [4.69, 9.17) is 31.8 Å². The summed E-state index contributed by atoms with van der Waals surface area (Å²) in [6.45, 7) is 8.73. The monoisotopic (exact) mass is 547 g/mol. The maximum absolute atomic E-state index is 8.94. The molecule has 0 radical (unpaired) electrons. The van der Waals surface area contributed by atoms with Crippen LogP contribution in [0.3, 0.4) is 0 Å². The Labute approximate surface area is 228 Å². The Morgan fingerprint density at radius 1 is 1.14 bits per heavy atom. The fourth-order valence-corrected chi connectivity index (χ4v) is 5.25. The lowest BCUT2D eigenvalue weighted by Gasteiger charge is -2.37. The summed E-state index contributed by atoms with van der Waals surface area (Å²) in [6.07, 6.45) is 2.73. The number of thiocarbonyl (C=S) groups is 1. The molecule has 4 rings (SSSR count). The van der Waals surface area contributed by atoms with Crippen molar-refractivity contribution in [3.8, 4) is 11.5 Å². The number of aromatic nitrogens is 1. The van der Waals surface area contributed by atoms with Crippen molar-refractivity contribution in [3.63, 3.8) is 0 Å². The van der Waals surface area contributed by atoms with E-state index in [0.717, 1.165) is 73.7 Å². The van der Waals surface area contributed by atoms with E-state index in [2.05, 4.69) is 30.3 Å². The number of amidine groups is 1. The molecule has 37 heavy (non-hydrogen) atoms. The van der Waals surface area contributed by atoms with Crippen LogP contribution in [0.15, 0.2) is 23.7 Å². The minimum absolute atomic E-state index is 0.461. The fraction of sp³-hybridized carbons (Fsp3) is 0.560. The number of ether oxygens (including phenoxy) is 3. The highest BCUT2D eigenvalue weighted by Crippen LogP contribution is 2.34. The van der Waals surface area contributed by atoms with Gasteiger partial charge in [0.15, 0.2) is 16.6 Å². The first-order chi connectivity index (χ1) is 18.1. The molecule has 2 aliphatic heterocycles. The van der Waals surface area contributed by atoms with Crippen LogP contribution in [0.5, 0.6) is 11.5 Å². The van der Waals surface area contributed by atoms with Crippen molar-refractivity contribution in [1.82, 2.24) is 25.0 Å². The second-order valence-corrected chi connectivity index (χ2v) is 10.2. The predicted molar refractivity (Wildman–Crippen MR) is 151 cm³/mol. The molecule has 2 aromatic rings. The third-order valence-electron chi connectivity index (χ3n) is 6.57. The number of rotatable bonds is 10. The molecule has 1 aromatic carbocycles. The molecule has 0 unspecified atom stereocenters. The van der Waals surface area contributed by atoms with Gasteiger partial charge in [0.1, 0.15) is 10.8 Å². The van der Waals surface area contributed by atoms with E-state index in [1.54, 1.807) is 24.6 Å². The summed E-state index contributed by atoms with van der Waals surface area (Å²) >= 11 is 7.20. The third-order valence-corrected chi connectivity index (χ3v) is 7.75. The molecule has 0 aliphatic carbocycles. The number of nitrogens with zero attached hydrogens (tertiary/aromatic N) is 4. The molecule has 0 amide bonds. The predicted octanol–water partition coefficient (Wildman–Crippen LogP) is 2.31. The van der Waals surface area contributed by atoms with E-state index in [-0.39, 0.29) is 0 Å². The van der Waals surface area contributed by atoms with Crippen molar-refractivity contribution >= 4 is 40.2 Å². The van der Waals surface area contributed by atoms with Gasteiger partial charge >= 0.3 is 0 Å². The molecular formula is C25H37N7O3S2.